The van der Waals surface area contributed by atoms with Crippen LogP contribution >= 0.6 is 11.3 Å². The van der Waals surface area contributed by atoms with Crippen LogP contribution in [0.2, 0.25) is 0 Å². The number of carbonyl (C=O) groups excluding carboxylic acids is 2. The van der Waals surface area contributed by atoms with Gasteiger partial charge >= 0.3 is 0 Å². The van der Waals surface area contributed by atoms with E-state index in [-0.39, 0.29) is 24.2 Å². The monoisotopic (exact) mass is 454 g/mol. The van der Waals surface area contributed by atoms with Gasteiger partial charge in [-0.05, 0) is 46.8 Å². The fourth-order valence-corrected chi connectivity index (χ4v) is 4.95. The molecule has 0 aliphatic carbocycles. The summed E-state index contributed by atoms with van der Waals surface area (Å²) in [5.74, 6) is -0.549. The zero-order chi connectivity index (χ0) is 22.8. The summed E-state index contributed by atoms with van der Waals surface area (Å²) in [5, 5.41) is 4.88. The van der Waals surface area contributed by atoms with Gasteiger partial charge in [-0.15, -0.1) is 11.3 Å². The van der Waals surface area contributed by atoms with Crippen molar-refractivity contribution < 1.29 is 23.5 Å². The number of rotatable bonds is 6. The fourth-order valence-electron chi connectivity index (χ4n) is 4.05. The van der Waals surface area contributed by atoms with Gasteiger partial charge in [0.25, 0.3) is 5.91 Å². The van der Waals surface area contributed by atoms with E-state index in [1.54, 1.807) is 36.2 Å². The molecule has 0 fully saturated rings. The van der Waals surface area contributed by atoms with Gasteiger partial charge in [0, 0.05) is 24.0 Å². The van der Waals surface area contributed by atoms with E-state index in [0.29, 0.717) is 22.6 Å². The minimum Gasteiger partial charge on any atom is -0.493 e. The molecule has 1 aliphatic heterocycles. The number of hydrogen-bond acceptors (Lipinski definition) is 5. The maximum Gasteiger partial charge on any atom is 0.254 e. The molecule has 3 aromatic rings. The molecule has 1 aliphatic rings. The number of amides is 2. The maximum absolute atomic E-state index is 13.5. The Bertz CT molecular complexity index is 1130. The highest BCUT2D eigenvalue weighted by Gasteiger charge is 2.44. The third-order valence-corrected chi connectivity index (χ3v) is 6.61. The largest absolute Gasteiger partial charge is 0.493 e. The third-order valence-electron chi connectivity index (χ3n) is 5.67. The lowest BCUT2D eigenvalue weighted by Gasteiger charge is -2.39. The first-order valence-electron chi connectivity index (χ1n) is 10.0. The van der Waals surface area contributed by atoms with Gasteiger partial charge in [0.2, 0.25) is 5.91 Å². The van der Waals surface area contributed by atoms with E-state index >= 15 is 0 Å². The highest BCUT2D eigenvalue weighted by molar-refractivity contribution is 7.10. The number of benzene rings is 2. The van der Waals surface area contributed by atoms with Crippen LogP contribution in [0.1, 0.15) is 38.3 Å². The number of nitrogens with zero attached hydrogens (tertiary/aromatic N) is 1. The van der Waals surface area contributed by atoms with E-state index in [1.807, 2.05) is 17.5 Å². The van der Waals surface area contributed by atoms with Crippen molar-refractivity contribution in [1.29, 1.82) is 0 Å². The van der Waals surface area contributed by atoms with Crippen molar-refractivity contribution in [3.8, 4) is 11.5 Å². The second kappa shape index (κ2) is 9.00. The third kappa shape index (κ3) is 3.93. The average Bonchev–Trinajstić information content (AvgIpc) is 3.34. The van der Waals surface area contributed by atoms with E-state index in [2.05, 4.69) is 5.32 Å². The molecular weight excluding hydrogens is 431 g/mol. The van der Waals surface area contributed by atoms with Crippen molar-refractivity contribution in [3.63, 3.8) is 0 Å². The van der Waals surface area contributed by atoms with Crippen molar-refractivity contribution >= 4 is 23.2 Å². The molecule has 4 rings (SSSR count). The summed E-state index contributed by atoms with van der Waals surface area (Å²) >= 11 is 1.49. The quantitative estimate of drug-likeness (QED) is 0.608. The van der Waals surface area contributed by atoms with Crippen molar-refractivity contribution in [2.45, 2.75) is 18.5 Å². The number of fused-ring (bicyclic) bond motifs is 1. The van der Waals surface area contributed by atoms with E-state index in [0.717, 1.165) is 10.4 Å². The molecule has 166 valence electrons. The number of hydrogen-bond donors (Lipinski definition) is 1. The summed E-state index contributed by atoms with van der Waals surface area (Å²) in [6, 6.07) is 12.7. The highest BCUT2D eigenvalue weighted by atomic mass is 32.1. The van der Waals surface area contributed by atoms with Crippen LogP contribution in [-0.2, 0) is 11.3 Å². The van der Waals surface area contributed by atoms with Crippen molar-refractivity contribution in [2.24, 2.45) is 0 Å². The van der Waals surface area contributed by atoms with Crippen LogP contribution in [0.4, 0.5) is 4.39 Å². The van der Waals surface area contributed by atoms with Gasteiger partial charge < -0.3 is 19.7 Å². The van der Waals surface area contributed by atoms with Gasteiger partial charge in [-0.1, -0.05) is 18.2 Å². The summed E-state index contributed by atoms with van der Waals surface area (Å²) < 4.78 is 24.0. The van der Waals surface area contributed by atoms with Gasteiger partial charge in [0.1, 0.15) is 5.82 Å². The molecule has 2 atom stereocenters. The number of nitrogens with one attached hydrogen (secondary N) is 1. The summed E-state index contributed by atoms with van der Waals surface area (Å²) in [4.78, 5) is 29.3. The summed E-state index contributed by atoms with van der Waals surface area (Å²) in [5.41, 5.74) is 1.76. The lowest BCUT2D eigenvalue weighted by atomic mass is 9.81. The highest BCUT2D eigenvalue weighted by Crippen LogP contribution is 2.46. The zero-order valence-corrected chi connectivity index (χ0v) is 18.7. The first kappa shape index (κ1) is 21.8. The van der Waals surface area contributed by atoms with Crippen LogP contribution in [-0.4, -0.2) is 38.0 Å². The molecule has 0 saturated carbocycles. The number of ether oxygens (including phenoxy) is 2. The standard InChI is InChI=1S/C24H23FN2O4S/c1-27-22(20-5-4-10-32-20)21(23(28)26-13-14-6-8-15(25)9-7-14)16-11-18(30-2)19(31-3)12-17(16)24(27)29/h4-12,21-22H,13H2,1-3H3,(H,26,28). The molecule has 2 heterocycles. The van der Waals surface area contributed by atoms with Crippen LogP contribution in [0.5, 0.6) is 11.5 Å². The number of thiophene rings is 1. The van der Waals surface area contributed by atoms with Crippen molar-refractivity contribution in [3.05, 3.63) is 81.3 Å². The van der Waals surface area contributed by atoms with Gasteiger partial charge in [-0.2, -0.15) is 0 Å². The molecular formula is C24H23FN2O4S. The molecule has 0 saturated heterocycles. The SMILES string of the molecule is COc1cc2c(cc1OC)C(C(=O)NCc1ccc(F)cc1)C(c1cccs1)N(C)C2=O. The molecule has 1 aromatic heterocycles. The first-order valence-corrected chi connectivity index (χ1v) is 10.9. The van der Waals surface area contributed by atoms with E-state index in [4.69, 9.17) is 9.47 Å². The summed E-state index contributed by atoms with van der Waals surface area (Å²) in [7, 11) is 4.72. The van der Waals surface area contributed by atoms with E-state index < -0.39 is 12.0 Å². The Kier molecular flexibility index (Phi) is 6.14. The predicted molar refractivity (Wildman–Crippen MR) is 120 cm³/mol. The summed E-state index contributed by atoms with van der Waals surface area (Å²) in [6.07, 6.45) is 0. The predicted octanol–water partition coefficient (Wildman–Crippen LogP) is 4.13. The molecule has 2 aromatic carbocycles. The van der Waals surface area contributed by atoms with Crippen LogP contribution in [0.3, 0.4) is 0 Å². The summed E-state index contributed by atoms with van der Waals surface area (Å²) in [6.45, 7) is 0.243. The first-order chi connectivity index (χ1) is 15.4. The minimum absolute atomic E-state index is 0.193. The Morgan fingerprint density at radius 3 is 2.44 bits per heavy atom. The number of likely N-dealkylation sites (N-methyl/N-ethyl adjacent to an activating group) is 1. The molecule has 2 amide bonds. The zero-order valence-electron chi connectivity index (χ0n) is 17.9. The normalized spacial score (nSPS) is 17.6. The lowest BCUT2D eigenvalue weighted by Crippen LogP contribution is -2.45. The molecule has 0 spiro atoms. The molecule has 0 bridgehead atoms. The average molecular weight is 455 g/mol. The van der Waals surface area contributed by atoms with Gasteiger partial charge in [0.15, 0.2) is 11.5 Å². The lowest BCUT2D eigenvalue weighted by molar-refractivity contribution is -0.124. The maximum atomic E-state index is 13.5. The molecule has 2 unspecified atom stereocenters. The Morgan fingerprint density at radius 2 is 1.81 bits per heavy atom. The molecule has 32 heavy (non-hydrogen) atoms. The van der Waals surface area contributed by atoms with Crippen molar-refractivity contribution in [1.82, 2.24) is 10.2 Å². The second-order valence-corrected chi connectivity index (χ2v) is 8.47. The fraction of sp³-hybridized carbons (Fsp3) is 0.250. The van der Waals surface area contributed by atoms with Crippen LogP contribution in [0, 0.1) is 5.82 Å². The van der Waals surface area contributed by atoms with E-state index in [9.17, 15) is 14.0 Å². The Balaban J connectivity index is 1.76. The minimum atomic E-state index is -0.661. The molecule has 0 radical (unpaired) electrons. The Morgan fingerprint density at radius 1 is 1.12 bits per heavy atom. The van der Waals surface area contributed by atoms with Gasteiger partial charge in [-0.3, -0.25) is 9.59 Å². The van der Waals surface area contributed by atoms with Gasteiger partial charge in [0.05, 0.1) is 26.2 Å². The Hall–Kier alpha value is -3.39. The van der Waals surface area contributed by atoms with E-state index in [1.165, 1.54) is 37.7 Å². The van der Waals surface area contributed by atoms with Crippen LogP contribution < -0.4 is 14.8 Å². The Labute approximate surface area is 189 Å². The molecule has 8 heteroatoms. The number of carbonyl (C=O) groups is 2. The smallest absolute Gasteiger partial charge is 0.254 e. The molecule has 1 N–H and O–H groups in total. The topological polar surface area (TPSA) is 67.9 Å². The number of methoxy groups -OCH3 is 2. The van der Waals surface area contributed by atoms with Crippen molar-refractivity contribution in [2.75, 3.05) is 21.3 Å². The van der Waals surface area contributed by atoms with Gasteiger partial charge in [-0.25, -0.2) is 4.39 Å². The second-order valence-electron chi connectivity index (χ2n) is 7.49. The van der Waals surface area contributed by atoms with Crippen LogP contribution in [0.25, 0.3) is 0 Å². The van der Waals surface area contributed by atoms with Crippen LogP contribution in [0.15, 0.2) is 53.9 Å². The number of halogens is 1. The molecule has 6 nitrogen and oxygen atoms in total.